The Hall–Kier alpha value is -2.63. The van der Waals surface area contributed by atoms with Crippen molar-refractivity contribution >= 4 is 12.4 Å². The summed E-state index contributed by atoms with van der Waals surface area (Å²) in [6.45, 7) is 7.96. The van der Waals surface area contributed by atoms with Crippen LogP contribution in [0, 0.1) is 5.92 Å². The van der Waals surface area contributed by atoms with Gasteiger partial charge in [-0.05, 0) is 74.7 Å². The van der Waals surface area contributed by atoms with Crippen LogP contribution >= 0.6 is 0 Å². The van der Waals surface area contributed by atoms with Crippen LogP contribution in [0.25, 0.3) is 0 Å². The van der Waals surface area contributed by atoms with Crippen LogP contribution < -0.4 is 37.2 Å². The minimum Gasteiger partial charge on any atom is -0.390 e. The van der Waals surface area contributed by atoms with E-state index in [9.17, 15) is 0 Å². The fourth-order valence-corrected chi connectivity index (χ4v) is 6.87. The Labute approximate surface area is 258 Å². The van der Waals surface area contributed by atoms with Crippen LogP contribution in [0.3, 0.4) is 0 Å². The zero-order valence-corrected chi connectivity index (χ0v) is 25.8. The van der Waals surface area contributed by atoms with E-state index < -0.39 is 0 Å². The molecule has 2 bridgehead atoms. The first-order valence-corrected chi connectivity index (χ1v) is 16.7. The monoisotopic (exact) mass is 590 g/mol. The Balaban J connectivity index is 1.24. The number of nitrogens with one attached hydrogen (secondary N) is 7. The number of aromatic nitrogens is 1. The minimum atomic E-state index is 0.276. The lowest BCUT2D eigenvalue weighted by molar-refractivity contribution is 0.210. The van der Waals surface area contributed by atoms with Crippen LogP contribution in [0.5, 0.6) is 0 Å². The fraction of sp³-hybridized carbons (Fsp3) is 0.667. The maximum Gasteiger partial charge on any atom is 0.0652 e. The van der Waals surface area contributed by atoms with Gasteiger partial charge in [-0.3, -0.25) is 15.0 Å². The lowest BCUT2D eigenvalue weighted by atomic mass is 9.78. The van der Waals surface area contributed by atoms with E-state index in [4.69, 9.17) is 15.0 Å². The molecule has 0 aromatic carbocycles. The van der Waals surface area contributed by atoms with Crippen LogP contribution in [-0.4, -0.2) is 93.4 Å². The normalized spacial score (nSPS) is 32.8. The summed E-state index contributed by atoms with van der Waals surface area (Å²) in [6, 6.07) is 8.29. The summed E-state index contributed by atoms with van der Waals surface area (Å²) < 4.78 is 0. The number of rotatable bonds is 1. The first kappa shape index (κ1) is 31.8. The van der Waals surface area contributed by atoms with Crippen LogP contribution in [0.15, 0.2) is 52.7 Å². The summed E-state index contributed by atoms with van der Waals surface area (Å²) in [6.07, 6.45) is 20.5. The van der Waals surface area contributed by atoms with Crippen molar-refractivity contribution in [2.45, 2.75) is 88.2 Å². The molecule has 3 heterocycles. The number of hydrogen-bond donors (Lipinski definition) is 7. The molecule has 236 valence electrons. The molecular weight excluding hydrogens is 536 g/mol. The van der Waals surface area contributed by atoms with Crippen molar-refractivity contribution in [3.05, 3.63) is 54.1 Å². The van der Waals surface area contributed by atoms with Gasteiger partial charge < -0.3 is 37.2 Å². The molecule has 5 rings (SSSR count). The van der Waals surface area contributed by atoms with Gasteiger partial charge >= 0.3 is 0 Å². The Morgan fingerprint density at radius 3 is 2.35 bits per heavy atom. The second-order valence-electron chi connectivity index (χ2n) is 12.3. The molecule has 2 aliphatic carbocycles. The summed E-state index contributed by atoms with van der Waals surface area (Å²) >= 11 is 0. The van der Waals surface area contributed by atoms with Gasteiger partial charge in [-0.25, -0.2) is 0 Å². The van der Waals surface area contributed by atoms with Gasteiger partial charge in [0.1, 0.15) is 0 Å². The van der Waals surface area contributed by atoms with Gasteiger partial charge in [-0.1, -0.05) is 18.9 Å². The molecule has 2 fully saturated rings. The minimum absolute atomic E-state index is 0.276. The average Bonchev–Trinajstić information content (AvgIpc) is 3.03. The van der Waals surface area contributed by atoms with Crippen molar-refractivity contribution in [3.8, 4) is 0 Å². The highest BCUT2D eigenvalue weighted by atomic mass is 15.1. The molecule has 43 heavy (non-hydrogen) atoms. The van der Waals surface area contributed by atoms with E-state index in [0.29, 0.717) is 24.0 Å². The molecule has 10 nitrogen and oxygen atoms in total. The van der Waals surface area contributed by atoms with Gasteiger partial charge in [0.2, 0.25) is 0 Å². The van der Waals surface area contributed by atoms with E-state index in [1.165, 1.54) is 25.7 Å². The van der Waals surface area contributed by atoms with E-state index in [1.54, 1.807) is 0 Å². The van der Waals surface area contributed by atoms with Gasteiger partial charge in [0.25, 0.3) is 0 Å². The predicted octanol–water partition coefficient (Wildman–Crippen LogP) is 1.62. The second-order valence-corrected chi connectivity index (χ2v) is 12.3. The number of nitrogens with zero attached hydrogens (tertiary/aromatic N) is 3. The molecule has 1 aromatic rings. The number of aliphatic imine (C=N–C) groups is 2. The fourth-order valence-electron chi connectivity index (χ4n) is 6.87. The number of hydrogen-bond acceptors (Lipinski definition) is 10. The smallest absolute Gasteiger partial charge is 0.0652 e. The molecule has 1 aromatic heterocycles. The molecule has 0 spiro atoms. The van der Waals surface area contributed by atoms with E-state index in [2.05, 4.69) is 67.7 Å². The number of allylic oxidation sites excluding steroid dienone is 2. The quantitative estimate of drug-likeness (QED) is 0.264. The summed E-state index contributed by atoms with van der Waals surface area (Å²) in [5, 5.41) is 25.6. The molecule has 2 aliphatic heterocycles. The molecule has 4 aliphatic rings. The van der Waals surface area contributed by atoms with Crippen molar-refractivity contribution in [1.29, 1.82) is 0 Å². The van der Waals surface area contributed by atoms with E-state index in [0.717, 1.165) is 89.6 Å². The van der Waals surface area contributed by atoms with Gasteiger partial charge in [0.05, 0.1) is 24.0 Å². The Bertz CT molecular complexity index is 1060. The van der Waals surface area contributed by atoms with Crippen LogP contribution in [0.4, 0.5) is 0 Å². The maximum atomic E-state index is 5.06. The highest BCUT2D eigenvalue weighted by molar-refractivity contribution is 5.71. The third kappa shape index (κ3) is 10.8. The van der Waals surface area contributed by atoms with Gasteiger partial charge in [-0.15, -0.1) is 0 Å². The Morgan fingerprint density at radius 1 is 0.651 bits per heavy atom. The summed E-state index contributed by atoms with van der Waals surface area (Å²) in [7, 11) is 0. The third-order valence-electron chi connectivity index (χ3n) is 9.25. The molecule has 0 amide bonds. The molecule has 10 heteroatoms. The Morgan fingerprint density at radius 2 is 1.44 bits per heavy atom. The van der Waals surface area contributed by atoms with Crippen molar-refractivity contribution in [3.63, 3.8) is 0 Å². The molecule has 2 saturated carbocycles. The number of pyridine rings is 1. The average molecular weight is 591 g/mol. The third-order valence-corrected chi connectivity index (χ3v) is 9.25. The molecule has 6 atom stereocenters. The number of fused-ring (bicyclic) bond motifs is 4. The zero-order valence-electron chi connectivity index (χ0n) is 25.8. The van der Waals surface area contributed by atoms with E-state index in [1.807, 2.05) is 24.7 Å². The molecule has 7 N–H and O–H groups in total. The van der Waals surface area contributed by atoms with Crippen molar-refractivity contribution in [1.82, 2.24) is 42.2 Å². The van der Waals surface area contributed by atoms with Crippen molar-refractivity contribution in [2.75, 3.05) is 45.8 Å². The van der Waals surface area contributed by atoms with Gasteiger partial charge in [-0.2, -0.15) is 0 Å². The SMILES string of the molecule is C1=CNCCNCc2cccc(n2)CNC(C2CC[C@H]3N=C/C=C\N[C@@H]4CCCC[C@H]4NCCNCCN[C@@H]3C2)CN=C1. The summed E-state index contributed by atoms with van der Waals surface area (Å²) in [5.74, 6) is 0.509. The second kappa shape index (κ2) is 18.2. The van der Waals surface area contributed by atoms with Crippen molar-refractivity contribution in [2.24, 2.45) is 15.9 Å². The van der Waals surface area contributed by atoms with E-state index in [-0.39, 0.29) is 12.1 Å². The highest BCUT2D eigenvalue weighted by Gasteiger charge is 2.33. The zero-order chi connectivity index (χ0) is 29.4. The lowest BCUT2D eigenvalue weighted by Crippen LogP contribution is -2.51. The van der Waals surface area contributed by atoms with Crippen LogP contribution in [-0.2, 0) is 13.1 Å². The summed E-state index contributed by atoms with van der Waals surface area (Å²) in [4.78, 5) is 14.8. The molecule has 0 radical (unpaired) electrons. The van der Waals surface area contributed by atoms with Gasteiger partial charge in [0, 0.05) is 89.0 Å². The van der Waals surface area contributed by atoms with Crippen LogP contribution in [0.1, 0.15) is 56.3 Å². The lowest BCUT2D eigenvalue weighted by Gasteiger charge is -2.38. The standard InChI is InChI=1S/C33H54N10/c1-2-9-30-29(8-1)38-14-5-15-39-31-11-10-26(22-32(31)41-21-19-35-18-20-40-30)33-25-36-13-4-12-34-16-17-37-23-27-6-3-7-28(43-27)24-42-33/h3-7,12-15,26,29-35,37-38,40-42H,1-2,8-11,16-25H2/b12-4?,14-5-,36-13?,39-15?/t26?,29-,30-,31-,32-,33?/m1/s1. The molecule has 0 saturated heterocycles. The highest BCUT2D eigenvalue weighted by Crippen LogP contribution is 2.30. The first-order valence-electron chi connectivity index (χ1n) is 16.7. The molecule has 2 unspecified atom stereocenters. The molecular formula is C33H54N10. The Kier molecular flexibility index (Phi) is 13.5. The first-order chi connectivity index (χ1) is 21.3. The predicted molar refractivity (Wildman–Crippen MR) is 178 cm³/mol. The largest absolute Gasteiger partial charge is 0.390 e. The topological polar surface area (TPSA) is 122 Å². The van der Waals surface area contributed by atoms with Crippen molar-refractivity contribution < 1.29 is 0 Å². The maximum absolute atomic E-state index is 5.06. The summed E-state index contributed by atoms with van der Waals surface area (Å²) in [5.41, 5.74) is 2.16. The van der Waals surface area contributed by atoms with Gasteiger partial charge in [0.15, 0.2) is 0 Å². The van der Waals surface area contributed by atoms with Crippen LogP contribution in [0.2, 0.25) is 0 Å². The van der Waals surface area contributed by atoms with E-state index >= 15 is 0 Å².